The summed E-state index contributed by atoms with van der Waals surface area (Å²) in [6, 6.07) is 25.4. The fraction of sp³-hybridized carbons (Fsp3) is 0.359. The van der Waals surface area contributed by atoms with Gasteiger partial charge in [0.1, 0.15) is 5.00 Å². The molecule has 0 bridgehead atoms. The Morgan fingerprint density at radius 1 is 0.812 bits per heavy atom. The van der Waals surface area contributed by atoms with Crippen LogP contribution in [0.15, 0.2) is 78.9 Å². The second kappa shape index (κ2) is 16.2. The number of hydrogen-bond donors (Lipinski definition) is 2. The molecule has 1 aliphatic carbocycles. The molecule has 2 heterocycles. The maximum absolute atomic E-state index is 13.8. The minimum absolute atomic E-state index is 0.133. The minimum atomic E-state index is -0.340. The van der Waals surface area contributed by atoms with Crippen LogP contribution in [0.25, 0.3) is 0 Å². The summed E-state index contributed by atoms with van der Waals surface area (Å²) < 4.78 is 5.42. The van der Waals surface area contributed by atoms with E-state index < -0.39 is 0 Å². The molecule has 1 aromatic heterocycles. The molecule has 6 rings (SSSR count). The second-order valence-electron chi connectivity index (χ2n) is 12.6. The normalized spacial score (nSPS) is 14.6. The molecule has 0 radical (unpaired) electrons. The Hall–Kier alpha value is -4.31. The number of anilines is 2. The molecule has 8 nitrogen and oxygen atoms in total. The van der Waals surface area contributed by atoms with Crippen molar-refractivity contribution in [2.24, 2.45) is 0 Å². The van der Waals surface area contributed by atoms with Crippen LogP contribution in [0.2, 0.25) is 0 Å². The first-order valence-electron chi connectivity index (χ1n) is 17.0. The number of ether oxygens (including phenoxy) is 1. The Labute approximate surface area is 287 Å². The second-order valence-corrected chi connectivity index (χ2v) is 13.7. The van der Waals surface area contributed by atoms with Crippen LogP contribution in [-0.4, -0.2) is 74.0 Å². The molecule has 0 saturated carbocycles. The van der Waals surface area contributed by atoms with Gasteiger partial charge in [0.15, 0.2) is 0 Å². The Kier molecular flexibility index (Phi) is 11.3. The number of amides is 3. The van der Waals surface area contributed by atoms with Gasteiger partial charge in [0.2, 0.25) is 0 Å². The summed E-state index contributed by atoms with van der Waals surface area (Å²) in [5.74, 6) is -0.688. The molecule has 48 heavy (non-hydrogen) atoms. The lowest BCUT2D eigenvalue weighted by atomic mass is 9.95. The highest BCUT2D eigenvalue weighted by Crippen LogP contribution is 2.39. The predicted molar refractivity (Wildman–Crippen MR) is 192 cm³/mol. The molecule has 4 aromatic rings. The van der Waals surface area contributed by atoms with E-state index in [9.17, 15) is 14.4 Å². The third-order valence-corrected chi connectivity index (χ3v) is 10.4. The van der Waals surface area contributed by atoms with Gasteiger partial charge in [-0.1, -0.05) is 48.5 Å². The number of nitrogens with one attached hydrogen (secondary N) is 2. The standard InChI is InChI=1S/C39H44N4O4S/c1-42(21-22-43-23-25-47-26-24-43)39(46)31-14-8-13-30(27-31)36(44)41-38-35(33-15-5-6-16-34(33)48-38)37(45)40-32-19-17-29(18-20-32)12-7-11-28-9-3-2-4-10-28/h2-4,8-10,13-14,17-20,27H,5-7,11-12,15-16,21-26H2,1H3,(H,40,45)(H,41,44). The summed E-state index contributed by atoms with van der Waals surface area (Å²) in [6.07, 6.45) is 6.84. The van der Waals surface area contributed by atoms with Gasteiger partial charge in [0, 0.05) is 54.9 Å². The number of nitrogens with zero attached hydrogens (tertiary/aromatic N) is 2. The Morgan fingerprint density at radius 3 is 2.29 bits per heavy atom. The van der Waals surface area contributed by atoms with Crippen LogP contribution in [0.1, 0.15) is 71.9 Å². The van der Waals surface area contributed by atoms with Gasteiger partial charge in [0.25, 0.3) is 17.7 Å². The highest BCUT2D eigenvalue weighted by Gasteiger charge is 2.27. The summed E-state index contributed by atoms with van der Waals surface area (Å²) in [5.41, 5.74) is 5.71. The van der Waals surface area contributed by atoms with Gasteiger partial charge >= 0.3 is 0 Å². The molecule has 3 amide bonds. The number of thiophene rings is 1. The molecular weight excluding hydrogens is 621 g/mol. The average molecular weight is 665 g/mol. The molecule has 0 spiro atoms. The van der Waals surface area contributed by atoms with Gasteiger partial charge in [-0.05, 0) is 92.0 Å². The Balaban J connectivity index is 1.10. The number of carbonyl (C=O) groups is 3. The number of morpholine rings is 1. The van der Waals surface area contributed by atoms with E-state index in [-0.39, 0.29) is 17.7 Å². The molecule has 2 N–H and O–H groups in total. The predicted octanol–water partition coefficient (Wildman–Crippen LogP) is 6.71. The number of carbonyl (C=O) groups excluding carboxylic acids is 3. The van der Waals surface area contributed by atoms with E-state index in [1.54, 1.807) is 36.2 Å². The van der Waals surface area contributed by atoms with Crippen LogP contribution in [-0.2, 0) is 30.4 Å². The zero-order valence-corrected chi connectivity index (χ0v) is 28.5. The topological polar surface area (TPSA) is 91.0 Å². The van der Waals surface area contributed by atoms with E-state index in [1.165, 1.54) is 22.5 Å². The highest BCUT2D eigenvalue weighted by molar-refractivity contribution is 7.17. The van der Waals surface area contributed by atoms with Crippen molar-refractivity contribution in [3.63, 3.8) is 0 Å². The smallest absolute Gasteiger partial charge is 0.258 e. The summed E-state index contributed by atoms with van der Waals surface area (Å²) in [6.45, 7) is 4.53. The van der Waals surface area contributed by atoms with Crippen molar-refractivity contribution in [3.8, 4) is 0 Å². The van der Waals surface area contributed by atoms with Crippen LogP contribution >= 0.6 is 11.3 Å². The first kappa shape index (κ1) is 33.6. The molecule has 250 valence electrons. The Morgan fingerprint density at radius 2 is 1.52 bits per heavy atom. The molecule has 0 atom stereocenters. The first-order chi connectivity index (χ1) is 23.4. The van der Waals surface area contributed by atoms with Gasteiger partial charge in [-0.3, -0.25) is 19.3 Å². The summed E-state index contributed by atoms with van der Waals surface area (Å²) in [4.78, 5) is 45.7. The summed E-state index contributed by atoms with van der Waals surface area (Å²) in [7, 11) is 1.79. The maximum atomic E-state index is 13.8. The number of likely N-dealkylation sites (N-methyl/N-ethyl adjacent to an activating group) is 1. The van der Waals surface area contributed by atoms with Crippen molar-refractivity contribution in [1.82, 2.24) is 9.80 Å². The number of rotatable bonds is 12. The largest absolute Gasteiger partial charge is 0.379 e. The lowest BCUT2D eigenvalue weighted by Gasteiger charge is -2.28. The number of fused-ring (bicyclic) bond motifs is 1. The van der Waals surface area contributed by atoms with Crippen molar-refractivity contribution < 1.29 is 19.1 Å². The zero-order chi connectivity index (χ0) is 33.3. The van der Waals surface area contributed by atoms with Crippen molar-refractivity contribution >= 4 is 39.7 Å². The number of aryl methyl sites for hydroxylation is 3. The number of hydrogen-bond acceptors (Lipinski definition) is 6. The molecule has 2 aliphatic rings. The van der Waals surface area contributed by atoms with Crippen molar-refractivity contribution in [2.45, 2.75) is 44.9 Å². The van der Waals surface area contributed by atoms with Crippen LogP contribution in [0.3, 0.4) is 0 Å². The van der Waals surface area contributed by atoms with Crippen molar-refractivity contribution in [2.75, 3.05) is 57.1 Å². The monoisotopic (exact) mass is 664 g/mol. The third-order valence-electron chi connectivity index (χ3n) is 9.18. The molecule has 1 saturated heterocycles. The Bertz CT molecular complexity index is 1710. The van der Waals surface area contributed by atoms with Crippen LogP contribution in [0.5, 0.6) is 0 Å². The fourth-order valence-corrected chi connectivity index (χ4v) is 7.67. The molecule has 1 fully saturated rings. The molecule has 3 aromatic carbocycles. The fourth-order valence-electron chi connectivity index (χ4n) is 6.39. The van der Waals surface area contributed by atoms with Crippen LogP contribution in [0, 0.1) is 0 Å². The lowest BCUT2D eigenvalue weighted by molar-refractivity contribution is 0.0338. The van der Waals surface area contributed by atoms with Crippen molar-refractivity contribution in [3.05, 3.63) is 117 Å². The molecule has 9 heteroatoms. The highest BCUT2D eigenvalue weighted by atomic mass is 32.1. The zero-order valence-electron chi connectivity index (χ0n) is 27.6. The molecular formula is C39H44N4O4S. The molecule has 0 unspecified atom stereocenters. The van der Waals surface area contributed by atoms with E-state index >= 15 is 0 Å². The van der Waals surface area contributed by atoms with Crippen molar-refractivity contribution in [1.29, 1.82) is 0 Å². The lowest BCUT2D eigenvalue weighted by Crippen LogP contribution is -2.41. The average Bonchev–Trinajstić information content (AvgIpc) is 3.50. The van der Waals surface area contributed by atoms with E-state index in [2.05, 4.69) is 51.9 Å². The SMILES string of the molecule is CN(CCN1CCOCC1)C(=O)c1cccc(C(=O)Nc2sc3c(c2C(=O)Nc2ccc(CCCc4ccccc4)cc2)CCCC3)c1. The van der Waals surface area contributed by atoms with Gasteiger partial charge in [-0.25, -0.2) is 0 Å². The molecule has 1 aliphatic heterocycles. The van der Waals surface area contributed by atoms with E-state index in [0.29, 0.717) is 41.4 Å². The first-order valence-corrected chi connectivity index (χ1v) is 17.8. The van der Waals surface area contributed by atoms with Crippen LogP contribution < -0.4 is 10.6 Å². The van der Waals surface area contributed by atoms with Gasteiger partial charge in [-0.2, -0.15) is 0 Å². The van der Waals surface area contributed by atoms with Gasteiger partial charge in [-0.15, -0.1) is 11.3 Å². The summed E-state index contributed by atoms with van der Waals surface area (Å²) in [5, 5.41) is 6.68. The third kappa shape index (κ3) is 8.58. The van der Waals surface area contributed by atoms with Gasteiger partial charge in [0.05, 0.1) is 18.8 Å². The van der Waals surface area contributed by atoms with Crippen LogP contribution in [0.4, 0.5) is 10.7 Å². The van der Waals surface area contributed by atoms with Gasteiger partial charge < -0.3 is 20.3 Å². The van der Waals surface area contributed by atoms with E-state index in [1.807, 2.05) is 18.2 Å². The quantitative estimate of drug-likeness (QED) is 0.176. The number of benzene rings is 3. The summed E-state index contributed by atoms with van der Waals surface area (Å²) >= 11 is 1.49. The van der Waals surface area contributed by atoms with E-state index in [0.717, 1.165) is 80.7 Å². The minimum Gasteiger partial charge on any atom is -0.379 e. The maximum Gasteiger partial charge on any atom is 0.258 e. The van der Waals surface area contributed by atoms with E-state index in [4.69, 9.17) is 4.74 Å².